The zero-order valence-corrected chi connectivity index (χ0v) is 13.0. The highest BCUT2D eigenvalue weighted by molar-refractivity contribution is 9.09. The maximum absolute atomic E-state index is 11.8. The van der Waals surface area contributed by atoms with Crippen molar-refractivity contribution in [3.05, 3.63) is 60.8 Å². The van der Waals surface area contributed by atoms with Crippen molar-refractivity contribution in [1.29, 1.82) is 0 Å². The molecule has 0 unspecified atom stereocenters. The van der Waals surface area contributed by atoms with Gasteiger partial charge in [-0.15, -0.1) is 0 Å². The van der Waals surface area contributed by atoms with Crippen molar-refractivity contribution in [3.63, 3.8) is 0 Å². The Kier molecular flexibility index (Phi) is 4.06. The van der Waals surface area contributed by atoms with Gasteiger partial charge in [0.2, 0.25) is 5.91 Å². The highest BCUT2D eigenvalue weighted by atomic mass is 79.9. The smallest absolute Gasteiger partial charge is 0.239 e. The van der Waals surface area contributed by atoms with Crippen molar-refractivity contribution in [3.8, 4) is 11.1 Å². The number of hydrogen-bond acceptors (Lipinski definition) is 1. The van der Waals surface area contributed by atoms with E-state index >= 15 is 0 Å². The van der Waals surface area contributed by atoms with Crippen LogP contribution in [0.15, 0.2) is 60.8 Å². The molecular formula is C17H15BrN2O. The molecule has 1 N–H and O–H groups in total. The summed E-state index contributed by atoms with van der Waals surface area (Å²) < 4.78 is 1.81. The number of nitrogens with zero attached hydrogens (tertiary/aromatic N) is 1. The van der Waals surface area contributed by atoms with Crippen molar-refractivity contribution in [2.45, 2.75) is 6.42 Å². The van der Waals surface area contributed by atoms with Crippen LogP contribution in [-0.2, 0) is 4.79 Å². The van der Waals surface area contributed by atoms with E-state index in [4.69, 9.17) is 0 Å². The number of carbonyl (C=O) groups excluding carboxylic acids is 1. The predicted molar refractivity (Wildman–Crippen MR) is 90.2 cm³/mol. The first-order valence-corrected chi connectivity index (χ1v) is 7.93. The van der Waals surface area contributed by atoms with Gasteiger partial charge in [-0.2, -0.15) is 0 Å². The molecule has 3 aromatic rings. The second kappa shape index (κ2) is 6.14. The van der Waals surface area contributed by atoms with Gasteiger partial charge in [0.05, 0.1) is 5.52 Å². The minimum absolute atomic E-state index is 0.00719. The Balaban J connectivity index is 2.08. The molecular weight excluding hydrogens is 328 g/mol. The van der Waals surface area contributed by atoms with Crippen LogP contribution in [0.5, 0.6) is 0 Å². The maximum Gasteiger partial charge on any atom is 0.239 e. The predicted octanol–water partition coefficient (Wildman–Crippen LogP) is 4.16. The molecule has 1 heterocycles. The highest BCUT2D eigenvalue weighted by Gasteiger charge is 2.11. The van der Waals surface area contributed by atoms with E-state index in [1.807, 2.05) is 47.3 Å². The minimum Gasteiger partial charge on any atom is -0.273 e. The van der Waals surface area contributed by atoms with Crippen LogP contribution >= 0.6 is 15.9 Å². The summed E-state index contributed by atoms with van der Waals surface area (Å²) in [5.74, 6) is -0.00719. The van der Waals surface area contributed by atoms with Crippen LogP contribution in [0, 0.1) is 0 Å². The number of rotatable bonds is 4. The van der Waals surface area contributed by atoms with Crippen molar-refractivity contribution in [2.75, 3.05) is 10.8 Å². The van der Waals surface area contributed by atoms with E-state index in [0.717, 1.165) is 22.0 Å². The van der Waals surface area contributed by atoms with Crippen molar-refractivity contribution in [2.24, 2.45) is 0 Å². The Morgan fingerprint density at radius 2 is 1.76 bits per heavy atom. The first kappa shape index (κ1) is 13.9. The molecule has 1 amide bonds. The summed E-state index contributed by atoms with van der Waals surface area (Å²) in [7, 11) is 0. The van der Waals surface area contributed by atoms with Gasteiger partial charge in [0, 0.05) is 28.9 Å². The van der Waals surface area contributed by atoms with E-state index < -0.39 is 0 Å². The summed E-state index contributed by atoms with van der Waals surface area (Å²) in [5.41, 5.74) is 6.18. The quantitative estimate of drug-likeness (QED) is 0.709. The summed E-state index contributed by atoms with van der Waals surface area (Å²) in [4.78, 5) is 11.8. The molecule has 0 bridgehead atoms. The van der Waals surface area contributed by atoms with Gasteiger partial charge in [0.1, 0.15) is 0 Å². The van der Waals surface area contributed by atoms with Crippen LogP contribution in [0.25, 0.3) is 22.0 Å². The number of aromatic nitrogens is 1. The third-order valence-electron chi connectivity index (χ3n) is 3.36. The topological polar surface area (TPSA) is 34.0 Å². The number of amides is 1. The fourth-order valence-corrected chi connectivity index (χ4v) is 2.76. The lowest BCUT2D eigenvalue weighted by Gasteiger charge is -2.06. The second-order valence-corrected chi connectivity index (χ2v) is 5.56. The summed E-state index contributed by atoms with van der Waals surface area (Å²) in [5, 5.41) is 1.78. The second-order valence-electron chi connectivity index (χ2n) is 4.77. The zero-order valence-electron chi connectivity index (χ0n) is 11.4. The van der Waals surface area contributed by atoms with Crippen LogP contribution in [0.2, 0.25) is 0 Å². The Morgan fingerprint density at radius 3 is 2.52 bits per heavy atom. The lowest BCUT2D eigenvalue weighted by molar-refractivity contribution is -0.116. The Morgan fingerprint density at radius 1 is 1.05 bits per heavy atom. The van der Waals surface area contributed by atoms with Gasteiger partial charge >= 0.3 is 0 Å². The standard InChI is InChI=1S/C17H15BrN2O/c18-11-10-17(21)19-20-12-15(13-6-2-1-3-7-13)14-8-4-5-9-16(14)20/h1-9,12H,10-11H2,(H,19,21). The molecule has 0 aliphatic rings. The molecule has 0 spiro atoms. The van der Waals surface area contributed by atoms with E-state index in [-0.39, 0.29) is 5.91 Å². The van der Waals surface area contributed by atoms with Crippen LogP contribution in [0.1, 0.15) is 6.42 Å². The normalized spacial score (nSPS) is 10.7. The molecule has 1 aromatic heterocycles. The van der Waals surface area contributed by atoms with Crippen molar-refractivity contribution < 1.29 is 4.79 Å². The summed E-state index contributed by atoms with van der Waals surface area (Å²) in [6.45, 7) is 0. The number of benzene rings is 2. The van der Waals surface area contributed by atoms with Gasteiger partial charge in [-0.3, -0.25) is 14.9 Å². The fourth-order valence-electron chi connectivity index (χ4n) is 2.40. The molecule has 0 atom stereocenters. The molecule has 4 heteroatoms. The first-order chi connectivity index (χ1) is 10.3. The lowest BCUT2D eigenvalue weighted by atomic mass is 10.1. The number of hydrogen-bond donors (Lipinski definition) is 1. The van der Waals surface area contributed by atoms with Gasteiger partial charge in [0.15, 0.2) is 0 Å². The van der Waals surface area contributed by atoms with Gasteiger partial charge in [-0.1, -0.05) is 64.5 Å². The molecule has 21 heavy (non-hydrogen) atoms. The molecule has 0 aliphatic carbocycles. The number of halogens is 1. The largest absolute Gasteiger partial charge is 0.273 e. The fraction of sp³-hybridized carbons (Fsp3) is 0.118. The molecule has 0 saturated heterocycles. The third-order valence-corrected chi connectivity index (χ3v) is 3.76. The van der Waals surface area contributed by atoms with E-state index in [2.05, 4.69) is 39.6 Å². The lowest BCUT2D eigenvalue weighted by Crippen LogP contribution is -2.21. The molecule has 106 valence electrons. The van der Waals surface area contributed by atoms with E-state index in [1.165, 1.54) is 0 Å². The average molecular weight is 343 g/mol. The van der Waals surface area contributed by atoms with Crippen molar-refractivity contribution >= 4 is 32.7 Å². The molecule has 3 rings (SSSR count). The van der Waals surface area contributed by atoms with Gasteiger partial charge in [-0.25, -0.2) is 0 Å². The van der Waals surface area contributed by atoms with Crippen LogP contribution in [0.3, 0.4) is 0 Å². The van der Waals surface area contributed by atoms with Crippen LogP contribution in [0.4, 0.5) is 0 Å². The minimum atomic E-state index is -0.00719. The average Bonchev–Trinajstić information content (AvgIpc) is 2.87. The SMILES string of the molecule is O=C(CCBr)Nn1cc(-c2ccccc2)c2ccccc21. The number of fused-ring (bicyclic) bond motifs is 1. The Bertz CT molecular complexity index is 765. The number of para-hydroxylation sites is 1. The number of nitrogens with one attached hydrogen (secondary N) is 1. The van der Waals surface area contributed by atoms with Crippen LogP contribution in [-0.4, -0.2) is 15.9 Å². The third kappa shape index (κ3) is 2.85. The Labute approximate surface area is 131 Å². The number of carbonyl (C=O) groups is 1. The van der Waals surface area contributed by atoms with Gasteiger partial charge < -0.3 is 0 Å². The molecule has 2 aromatic carbocycles. The summed E-state index contributed by atoms with van der Waals surface area (Å²) in [6, 6.07) is 18.3. The van der Waals surface area contributed by atoms with Crippen LogP contribution < -0.4 is 5.43 Å². The Hall–Kier alpha value is -2.07. The number of alkyl halides is 1. The first-order valence-electron chi connectivity index (χ1n) is 6.81. The molecule has 0 saturated carbocycles. The molecule has 0 aliphatic heterocycles. The maximum atomic E-state index is 11.8. The zero-order chi connectivity index (χ0) is 14.7. The van der Waals surface area contributed by atoms with Crippen molar-refractivity contribution in [1.82, 2.24) is 4.68 Å². The monoisotopic (exact) mass is 342 g/mol. The van der Waals surface area contributed by atoms with E-state index in [0.29, 0.717) is 11.8 Å². The van der Waals surface area contributed by atoms with Gasteiger partial charge in [-0.05, 0) is 11.6 Å². The molecule has 0 fully saturated rings. The summed E-state index contributed by atoms with van der Waals surface area (Å²) in [6.07, 6.45) is 2.43. The molecule has 3 nitrogen and oxygen atoms in total. The summed E-state index contributed by atoms with van der Waals surface area (Å²) >= 11 is 3.28. The van der Waals surface area contributed by atoms with E-state index in [9.17, 15) is 4.79 Å². The highest BCUT2D eigenvalue weighted by Crippen LogP contribution is 2.29. The van der Waals surface area contributed by atoms with E-state index in [1.54, 1.807) is 0 Å². The van der Waals surface area contributed by atoms with Gasteiger partial charge in [0.25, 0.3) is 0 Å². The molecule has 0 radical (unpaired) electrons.